The van der Waals surface area contributed by atoms with E-state index in [9.17, 15) is 13.6 Å². The first kappa shape index (κ1) is 13.2. The van der Waals surface area contributed by atoms with Crippen LogP contribution in [0.25, 0.3) is 0 Å². The molecule has 18 heavy (non-hydrogen) atoms. The van der Waals surface area contributed by atoms with E-state index in [-0.39, 0.29) is 16.8 Å². The van der Waals surface area contributed by atoms with Crippen LogP contribution in [0, 0.1) is 11.6 Å². The number of ether oxygens (including phenoxy) is 1. The largest absolute Gasteiger partial charge is 0.379 e. The summed E-state index contributed by atoms with van der Waals surface area (Å²) < 4.78 is 32.4. The zero-order valence-electron chi connectivity index (χ0n) is 9.75. The molecular formula is C12H12ClF2NO2. The minimum atomic E-state index is -0.752. The summed E-state index contributed by atoms with van der Waals surface area (Å²) in [5, 5.41) is -0.378. The fourth-order valence-corrected chi connectivity index (χ4v) is 2.30. The van der Waals surface area contributed by atoms with Crippen molar-refractivity contribution in [2.45, 2.75) is 19.4 Å². The van der Waals surface area contributed by atoms with E-state index in [0.29, 0.717) is 19.6 Å². The molecule has 1 unspecified atom stereocenters. The third-order valence-electron chi connectivity index (χ3n) is 2.87. The number of rotatable bonds is 2. The Balaban J connectivity index is 2.48. The second-order valence-electron chi connectivity index (χ2n) is 4.10. The number of hydrogen-bond donors (Lipinski definition) is 0. The highest BCUT2D eigenvalue weighted by molar-refractivity contribution is 6.34. The van der Waals surface area contributed by atoms with Crippen molar-refractivity contribution in [1.82, 2.24) is 0 Å². The highest BCUT2D eigenvalue weighted by Gasteiger charge is 2.31. The van der Waals surface area contributed by atoms with Gasteiger partial charge in [-0.15, -0.1) is 0 Å². The first-order chi connectivity index (χ1) is 8.52. The Morgan fingerprint density at radius 3 is 2.67 bits per heavy atom. The van der Waals surface area contributed by atoms with E-state index in [0.717, 1.165) is 12.1 Å². The summed E-state index contributed by atoms with van der Waals surface area (Å²) in [5.74, 6) is -1.86. The smallest absolute Gasteiger partial charge is 0.224 e. The molecule has 1 fully saturated rings. The van der Waals surface area contributed by atoms with Crippen molar-refractivity contribution in [2.24, 2.45) is 0 Å². The molecule has 1 aromatic carbocycles. The van der Waals surface area contributed by atoms with Crippen LogP contribution in [0.2, 0.25) is 5.02 Å². The van der Waals surface area contributed by atoms with Gasteiger partial charge in [0, 0.05) is 13.5 Å². The molecule has 1 saturated heterocycles. The van der Waals surface area contributed by atoms with Crippen molar-refractivity contribution < 1.29 is 18.3 Å². The monoisotopic (exact) mass is 275 g/mol. The van der Waals surface area contributed by atoms with Gasteiger partial charge in [-0.2, -0.15) is 0 Å². The number of hydrogen-bond acceptors (Lipinski definition) is 2. The number of nitrogens with zero attached hydrogens (tertiary/aromatic N) is 1. The van der Waals surface area contributed by atoms with Gasteiger partial charge in [-0.25, -0.2) is 8.78 Å². The summed E-state index contributed by atoms with van der Waals surface area (Å²) in [7, 11) is 0. The maximum absolute atomic E-state index is 13.8. The molecule has 1 aliphatic heterocycles. The topological polar surface area (TPSA) is 29.5 Å². The molecule has 0 bridgehead atoms. The third-order valence-corrected chi connectivity index (χ3v) is 3.23. The highest BCUT2D eigenvalue weighted by atomic mass is 35.5. The van der Waals surface area contributed by atoms with Gasteiger partial charge in [0.2, 0.25) is 5.91 Å². The van der Waals surface area contributed by atoms with Gasteiger partial charge < -0.3 is 9.64 Å². The maximum Gasteiger partial charge on any atom is 0.224 e. The van der Waals surface area contributed by atoms with Crippen LogP contribution in [0.1, 0.15) is 13.3 Å². The van der Waals surface area contributed by atoms with Crippen LogP contribution in [0.15, 0.2) is 12.1 Å². The fraction of sp³-hybridized carbons (Fsp3) is 0.417. The van der Waals surface area contributed by atoms with E-state index in [1.54, 1.807) is 0 Å². The van der Waals surface area contributed by atoms with E-state index in [4.69, 9.17) is 16.3 Å². The minimum absolute atomic E-state index is 0.209. The number of carbonyl (C=O) groups is 1. The molecule has 1 atom stereocenters. The van der Waals surface area contributed by atoms with Gasteiger partial charge in [0.15, 0.2) is 0 Å². The Bertz CT molecular complexity index is 475. The lowest BCUT2D eigenvalue weighted by atomic mass is 10.1. The lowest BCUT2D eigenvalue weighted by Gasteiger charge is -2.28. The van der Waals surface area contributed by atoms with Gasteiger partial charge in [0.05, 0.1) is 12.6 Å². The molecule has 3 nitrogen and oxygen atoms in total. The number of halogens is 3. The van der Waals surface area contributed by atoms with Gasteiger partial charge in [0.1, 0.15) is 22.3 Å². The second-order valence-corrected chi connectivity index (χ2v) is 4.48. The maximum atomic E-state index is 13.8. The quantitative estimate of drug-likeness (QED) is 0.777. The van der Waals surface area contributed by atoms with Gasteiger partial charge >= 0.3 is 0 Å². The first-order valence-corrected chi connectivity index (χ1v) is 5.91. The van der Waals surface area contributed by atoms with Crippen molar-refractivity contribution in [3.63, 3.8) is 0 Å². The molecule has 0 spiro atoms. The Kier molecular flexibility index (Phi) is 3.82. The predicted molar refractivity (Wildman–Crippen MR) is 63.8 cm³/mol. The normalized spacial score (nSPS) is 19.0. The molecule has 0 aromatic heterocycles. The SMILES string of the molecule is CC(=O)N(c1c(F)ccc(F)c1Cl)C1CCOC1. The fourth-order valence-electron chi connectivity index (χ4n) is 2.06. The Labute approximate surface area is 108 Å². The lowest BCUT2D eigenvalue weighted by Crippen LogP contribution is -2.40. The van der Waals surface area contributed by atoms with Crippen LogP contribution >= 0.6 is 11.6 Å². The summed E-state index contributed by atoms with van der Waals surface area (Å²) in [6.07, 6.45) is 0.575. The average Bonchev–Trinajstić information content (AvgIpc) is 2.82. The predicted octanol–water partition coefficient (Wildman–Crippen LogP) is 2.76. The van der Waals surface area contributed by atoms with Crippen LogP contribution < -0.4 is 4.90 Å². The molecule has 6 heteroatoms. The molecule has 1 aromatic rings. The number of amides is 1. The Morgan fingerprint density at radius 1 is 1.44 bits per heavy atom. The molecule has 0 radical (unpaired) electrons. The van der Waals surface area contributed by atoms with Crippen molar-refractivity contribution in [3.05, 3.63) is 28.8 Å². The van der Waals surface area contributed by atoms with E-state index in [2.05, 4.69) is 0 Å². The van der Waals surface area contributed by atoms with Gasteiger partial charge in [0.25, 0.3) is 0 Å². The molecule has 0 saturated carbocycles. The minimum Gasteiger partial charge on any atom is -0.379 e. The van der Waals surface area contributed by atoms with Crippen LogP contribution in [0.4, 0.5) is 14.5 Å². The molecule has 98 valence electrons. The van der Waals surface area contributed by atoms with E-state index in [1.165, 1.54) is 11.8 Å². The van der Waals surface area contributed by atoms with Crippen molar-refractivity contribution in [3.8, 4) is 0 Å². The summed E-state index contributed by atoms with van der Waals surface area (Å²) >= 11 is 5.77. The molecule has 1 heterocycles. The summed E-state index contributed by atoms with van der Waals surface area (Å²) in [6, 6.07) is 1.59. The average molecular weight is 276 g/mol. The second kappa shape index (κ2) is 5.20. The lowest BCUT2D eigenvalue weighted by molar-refractivity contribution is -0.117. The van der Waals surface area contributed by atoms with Crippen molar-refractivity contribution >= 4 is 23.2 Å². The standard InChI is InChI=1S/C12H12ClF2NO2/c1-7(17)16(8-4-5-18-6-8)12-10(15)3-2-9(14)11(12)13/h2-3,8H,4-6H2,1H3. The Morgan fingerprint density at radius 2 is 2.11 bits per heavy atom. The van der Waals surface area contributed by atoms with Crippen LogP contribution in [0.3, 0.4) is 0 Å². The molecule has 1 aliphatic rings. The summed E-state index contributed by atoms with van der Waals surface area (Å²) in [5.41, 5.74) is -0.209. The van der Waals surface area contributed by atoms with Crippen molar-refractivity contribution in [1.29, 1.82) is 0 Å². The van der Waals surface area contributed by atoms with Gasteiger partial charge in [-0.05, 0) is 18.6 Å². The van der Waals surface area contributed by atoms with Crippen LogP contribution in [-0.4, -0.2) is 25.2 Å². The van der Waals surface area contributed by atoms with E-state index >= 15 is 0 Å². The number of benzene rings is 1. The highest BCUT2D eigenvalue weighted by Crippen LogP contribution is 2.34. The van der Waals surface area contributed by atoms with Crippen LogP contribution in [0.5, 0.6) is 0 Å². The number of anilines is 1. The van der Waals surface area contributed by atoms with Crippen molar-refractivity contribution in [2.75, 3.05) is 18.1 Å². The first-order valence-electron chi connectivity index (χ1n) is 5.53. The van der Waals surface area contributed by atoms with E-state index < -0.39 is 17.5 Å². The third kappa shape index (κ3) is 2.33. The molecule has 2 rings (SSSR count). The zero-order chi connectivity index (χ0) is 13.3. The summed E-state index contributed by atoms with van der Waals surface area (Å²) in [4.78, 5) is 12.8. The van der Waals surface area contributed by atoms with E-state index in [1.807, 2.05) is 0 Å². The van der Waals surface area contributed by atoms with Gasteiger partial charge in [-0.1, -0.05) is 11.6 Å². The Hall–Kier alpha value is -1.20. The molecule has 0 N–H and O–H groups in total. The number of carbonyl (C=O) groups excluding carboxylic acids is 1. The van der Waals surface area contributed by atoms with Gasteiger partial charge in [-0.3, -0.25) is 4.79 Å². The molecule has 0 aliphatic carbocycles. The molecule has 1 amide bonds. The summed E-state index contributed by atoms with van der Waals surface area (Å²) in [6.45, 7) is 2.08. The molecular weight excluding hydrogens is 264 g/mol. The zero-order valence-corrected chi connectivity index (χ0v) is 10.5. The van der Waals surface area contributed by atoms with Crippen LogP contribution in [-0.2, 0) is 9.53 Å².